The number of amides is 1. The minimum absolute atomic E-state index is 0.332. The molecule has 23 heavy (non-hydrogen) atoms. The second-order valence-corrected chi connectivity index (χ2v) is 4.87. The number of hydrogen-bond acceptors (Lipinski definition) is 4. The highest BCUT2D eigenvalue weighted by Crippen LogP contribution is 2.11. The highest BCUT2D eigenvalue weighted by atomic mass is 16.1. The smallest absolute Gasteiger partial charge is 0.258 e. The number of anilines is 1. The Kier molecular flexibility index (Phi) is 4.11. The lowest BCUT2D eigenvalue weighted by atomic mass is 10.1. The predicted molar refractivity (Wildman–Crippen MR) is 84.7 cm³/mol. The molecule has 0 unspecified atom stereocenters. The maximum absolute atomic E-state index is 12.2. The average Bonchev–Trinajstić information content (AvgIpc) is 3.02. The maximum atomic E-state index is 12.2. The summed E-state index contributed by atoms with van der Waals surface area (Å²) in [7, 11) is 0. The zero-order chi connectivity index (χ0) is 16.1. The lowest BCUT2D eigenvalue weighted by molar-refractivity contribution is 0.102. The normalized spacial score (nSPS) is 10.0. The van der Waals surface area contributed by atoms with Crippen molar-refractivity contribution < 1.29 is 4.79 Å². The van der Waals surface area contributed by atoms with Crippen molar-refractivity contribution in [2.45, 2.75) is 6.54 Å². The molecule has 1 aromatic carbocycles. The van der Waals surface area contributed by atoms with Crippen LogP contribution in [0.4, 0.5) is 5.82 Å². The largest absolute Gasteiger partial charge is 0.305 e. The van der Waals surface area contributed by atoms with Crippen molar-refractivity contribution >= 4 is 11.7 Å². The maximum Gasteiger partial charge on any atom is 0.258 e. The third kappa shape index (κ3) is 3.41. The fourth-order valence-corrected chi connectivity index (χ4v) is 2.15. The Morgan fingerprint density at radius 3 is 2.74 bits per heavy atom. The zero-order valence-corrected chi connectivity index (χ0v) is 12.2. The molecule has 0 aliphatic carbocycles. The number of carbonyl (C=O) groups is 1. The number of nitriles is 1. The number of hydrogen-bond donors (Lipinski definition) is 1. The van der Waals surface area contributed by atoms with E-state index in [1.165, 1.54) is 0 Å². The SMILES string of the molecule is N#Cc1ccccc1C(=O)Nc1ccn(Cc2ccncc2)n1. The molecule has 0 aliphatic rings. The van der Waals surface area contributed by atoms with Crippen LogP contribution in [0.3, 0.4) is 0 Å². The molecule has 0 fully saturated rings. The third-order valence-corrected chi connectivity index (χ3v) is 3.27. The van der Waals surface area contributed by atoms with Gasteiger partial charge in [-0.2, -0.15) is 10.4 Å². The third-order valence-electron chi connectivity index (χ3n) is 3.27. The van der Waals surface area contributed by atoms with Crippen LogP contribution in [0.1, 0.15) is 21.5 Å². The molecule has 0 saturated carbocycles. The van der Waals surface area contributed by atoms with Crippen molar-refractivity contribution in [3.05, 3.63) is 77.7 Å². The summed E-state index contributed by atoms with van der Waals surface area (Å²) < 4.78 is 1.72. The number of rotatable bonds is 4. The Morgan fingerprint density at radius 2 is 1.96 bits per heavy atom. The van der Waals surface area contributed by atoms with Crippen LogP contribution in [0.2, 0.25) is 0 Å². The highest BCUT2D eigenvalue weighted by molar-refractivity contribution is 6.05. The highest BCUT2D eigenvalue weighted by Gasteiger charge is 2.12. The molecular weight excluding hydrogens is 290 g/mol. The topological polar surface area (TPSA) is 83.6 Å². The van der Waals surface area contributed by atoms with Gasteiger partial charge >= 0.3 is 0 Å². The molecule has 0 radical (unpaired) electrons. The summed E-state index contributed by atoms with van der Waals surface area (Å²) in [5.41, 5.74) is 1.73. The van der Waals surface area contributed by atoms with Crippen LogP contribution in [0.15, 0.2) is 61.1 Å². The molecule has 3 aromatic rings. The lowest BCUT2D eigenvalue weighted by Gasteiger charge is -2.04. The van der Waals surface area contributed by atoms with Crippen molar-refractivity contribution in [2.24, 2.45) is 0 Å². The number of aromatic nitrogens is 3. The van der Waals surface area contributed by atoms with Gasteiger partial charge in [0.2, 0.25) is 0 Å². The first-order valence-electron chi connectivity index (χ1n) is 6.99. The minimum Gasteiger partial charge on any atom is -0.305 e. The first kappa shape index (κ1) is 14.5. The van der Waals surface area contributed by atoms with Gasteiger partial charge in [-0.1, -0.05) is 12.1 Å². The Labute approximate surface area is 133 Å². The van der Waals surface area contributed by atoms with Gasteiger partial charge < -0.3 is 5.32 Å². The van der Waals surface area contributed by atoms with Gasteiger partial charge in [-0.3, -0.25) is 14.5 Å². The number of nitrogens with zero attached hydrogens (tertiary/aromatic N) is 4. The quantitative estimate of drug-likeness (QED) is 0.802. The summed E-state index contributed by atoms with van der Waals surface area (Å²) >= 11 is 0. The van der Waals surface area contributed by atoms with Crippen molar-refractivity contribution in [1.82, 2.24) is 14.8 Å². The van der Waals surface area contributed by atoms with Gasteiger partial charge in [-0.05, 0) is 29.8 Å². The minimum atomic E-state index is -0.351. The number of pyridine rings is 1. The van der Waals surface area contributed by atoms with Crippen LogP contribution < -0.4 is 5.32 Å². The van der Waals surface area contributed by atoms with Gasteiger partial charge in [-0.25, -0.2) is 0 Å². The number of benzene rings is 1. The van der Waals surface area contributed by atoms with Gasteiger partial charge in [0.1, 0.15) is 0 Å². The molecule has 0 atom stereocenters. The Hall–Kier alpha value is -3.46. The van der Waals surface area contributed by atoms with Gasteiger partial charge in [0.15, 0.2) is 5.82 Å². The summed E-state index contributed by atoms with van der Waals surface area (Å²) in [6.45, 7) is 0.590. The van der Waals surface area contributed by atoms with Crippen LogP contribution >= 0.6 is 0 Å². The van der Waals surface area contributed by atoms with E-state index in [-0.39, 0.29) is 5.91 Å². The zero-order valence-electron chi connectivity index (χ0n) is 12.2. The first-order chi connectivity index (χ1) is 11.3. The van der Waals surface area contributed by atoms with E-state index in [4.69, 9.17) is 5.26 Å². The average molecular weight is 303 g/mol. The predicted octanol–water partition coefficient (Wildman–Crippen LogP) is 2.45. The standard InChI is InChI=1S/C17H13N5O/c18-11-14-3-1-2-4-15(14)17(23)20-16-7-10-22(21-16)12-13-5-8-19-9-6-13/h1-10H,12H2,(H,20,21,23). The monoisotopic (exact) mass is 303 g/mol. The first-order valence-corrected chi connectivity index (χ1v) is 6.99. The van der Waals surface area contributed by atoms with E-state index in [9.17, 15) is 4.79 Å². The fraction of sp³-hybridized carbons (Fsp3) is 0.0588. The second-order valence-electron chi connectivity index (χ2n) is 4.87. The molecule has 2 heterocycles. The van der Waals surface area contributed by atoms with Gasteiger partial charge in [-0.15, -0.1) is 0 Å². The van der Waals surface area contributed by atoms with Crippen molar-refractivity contribution in [2.75, 3.05) is 5.32 Å². The molecule has 0 saturated heterocycles. The molecular formula is C17H13N5O. The van der Waals surface area contributed by atoms with Crippen LogP contribution in [-0.4, -0.2) is 20.7 Å². The van der Waals surface area contributed by atoms with Crippen molar-refractivity contribution in [1.29, 1.82) is 5.26 Å². The van der Waals surface area contributed by atoms with E-state index < -0.39 is 0 Å². The molecule has 0 bridgehead atoms. The van der Waals surface area contributed by atoms with E-state index in [0.29, 0.717) is 23.5 Å². The van der Waals surface area contributed by atoms with Crippen LogP contribution in [0.25, 0.3) is 0 Å². The summed E-state index contributed by atoms with van der Waals surface area (Å²) in [6, 6.07) is 14.2. The molecule has 112 valence electrons. The molecule has 0 aliphatic heterocycles. The van der Waals surface area contributed by atoms with Crippen LogP contribution in [0, 0.1) is 11.3 Å². The van der Waals surface area contributed by atoms with Crippen LogP contribution in [-0.2, 0) is 6.54 Å². The Morgan fingerprint density at radius 1 is 1.17 bits per heavy atom. The lowest BCUT2D eigenvalue weighted by Crippen LogP contribution is -2.14. The summed E-state index contributed by atoms with van der Waals surface area (Å²) in [5, 5.41) is 16.1. The second kappa shape index (κ2) is 6.54. The van der Waals surface area contributed by atoms with E-state index in [1.54, 1.807) is 53.6 Å². The van der Waals surface area contributed by atoms with Gasteiger partial charge in [0.05, 0.1) is 23.7 Å². The summed E-state index contributed by atoms with van der Waals surface area (Å²) in [4.78, 5) is 16.2. The van der Waals surface area contributed by atoms with E-state index in [2.05, 4.69) is 15.4 Å². The summed E-state index contributed by atoms with van der Waals surface area (Å²) in [5.74, 6) is 0.0908. The van der Waals surface area contributed by atoms with E-state index >= 15 is 0 Å². The Balaban J connectivity index is 1.72. The molecule has 6 nitrogen and oxygen atoms in total. The fourth-order valence-electron chi connectivity index (χ4n) is 2.15. The molecule has 1 N–H and O–H groups in total. The van der Waals surface area contributed by atoms with E-state index in [1.807, 2.05) is 18.2 Å². The number of carbonyl (C=O) groups excluding carboxylic acids is 1. The van der Waals surface area contributed by atoms with E-state index in [0.717, 1.165) is 5.56 Å². The summed E-state index contributed by atoms with van der Waals surface area (Å²) in [6.07, 6.45) is 5.23. The van der Waals surface area contributed by atoms with Gasteiger partial charge in [0.25, 0.3) is 5.91 Å². The molecule has 1 amide bonds. The molecule has 2 aromatic heterocycles. The van der Waals surface area contributed by atoms with Crippen molar-refractivity contribution in [3.8, 4) is 6.07 Å². The number of nitrogens with one attached hydrogen (secondary N) is 1. The van der Waals surface area contributed by atoms with Crippen molar-refractivity contribution in [3.63, 3.8) is 0 Å². The molecule has 6 heteroatoms. The Bertz CT molecular complexity index is 864. The van der Waals surface area contributed by atoms with Crippen LogP contribution in [0.5, 0.6) is 0 Å². The molecule has 3 rings (SSSR count). The van der Waals surface area contributed by atoms with Gasteiger partial charge in [0, 0.05) is 24.7 Å². The molecule has 0 spiro atoms.